The summed E-state index contributed by atoms with van der Waals surface area (Å²) in [5.74, 6) is 0.0346. The minimum absolute atomic E-state index is 0.0346. The molecule has 0 aromatic carbocycles. The molecule has 1 heterocycles. The molecule has 1 aliphatic rings. The standard InChI is InChI=1S/C15H23BrN2O3/c1-20-10-9-18-13(12(16)11-17-18)14(19)15(21-2)7-5-3-4-6-8-15/h11H,3-10H2,1-2H3. The second-order valence-electron chi connectivity index (χ2n) is 5.50. The van der Waals surface area contributed by atoms with E-state index in [2.05, 4.69) is 21.0 Å². The first-order valence-corrected chi connectivity index (χ1v) is 8.24. The average Bonchev–Trinajstić information content (AvgIpc) is 2.72. The number of nitrogens with zero attached hydrogens (tertiary/aromatic N) is 2. The highest BCUT2D eigenvalue weighted by molar-refractivity contribution is 9.10. The summed E-state index contributed by atoms with van der Waals surface area (Å²) in [7, 11) is 3.29. The van der Waals surface area contributed by atoms with Crippen molar-refractivity contribution in [3.05, 3.63) is 16.4 Å². The lowest BCUT2D eigenvalue weighted by Gasteiger charge is -2.30. The van der Waals surface area contributed by atoms with Crippen molar-refractivity contribution >= 4 is 21.7 Å². The largest absolute Gasteiger partial charge is 0.383 e. The van der Waals surface area contributed by atoms with E-state index in [1.165, 1.54) is 12.8 Å². The third kappa shape index (κ3) is 3.55. The third-order valence-corrected chi connectivity index (χ3v) is 4.81. The van der Waals surface area contributed by atoms with E-state index in [0.717, 1.165) is 30.2 Å². The highest BCUT2D eigenvalue weighted by Gasteiger charge is 2.41. The molecule has 0 atom stereocenters. The maximum absolute atomic E-state index is 13.1. The Bertz CT molecular complexity index is 479. The van der Waals surface area contributed by atoms with Crippen LogP contribution in [0.4, 0.5) is 0 Å². The van der Waals surface area contributed by atoms with E-state index >= 15 is 0 Å². The van der Waals surface area contributed by atoms with Crippen LogP contribution in [0.25, 0.3) is 0 Å². The average molecular weight is 359 g/mol. The fourth-order valence-electron chi connectivity index (χ4n) is 2.97. The Morgan fingerprint density at radius 1 is 1.33 bits per heavy atom. The van der Waals surface area contributed by atoms with Gasteiger partial charge >= 0.3 is 0 Å². The molecule has 0 saturated heterocycles. The first-order valence-electron chi connectivity index (χ1n) is 7.45. The number of ether oxygens (including phenoxy) is 2. The summed E-state index contributed by atoms with van der Waals surface area (Å²) in [6.07, 6.45) is 7.63. The predicted molar refractivity (Wildman–Crippen MR) is 83.6 cm³/mol. The van der Waals surface area contributed by atoms with Crippen molar-refractivity contribution in [3.8, 4) is 0 Å². The molecule has 1 fully saturated rings. The zero-order valence-electron chi connectivity index (χ0n) is 12.7. The molecule has 21 heavy (non-hydrogen) atoms. The number of carbonyl (C=O) groups is 1. The van der Waals surface area contributed by atoms with Crippen molar-refractivity contribution in [3.63, 3.8) is 0 Å². The lowest BCUT2D eigenvalue weighted by Crippen LogP contribution is -2.41. The Morgan fingerprint density at radius 2 is 2.00 bits per heavy atom. The summed E-state index contributed by atoms with van der Waals surface area (Å²) < 4.78 is 13.2. The van der Waals surface area contributed by atoms with Crippen molar-refractivity contribution in [2.75, 3.05) is 20.8 Å². The fourth-order valence-corrected chi connectivity index (χ4v) is 3.45. The van der Waals surface area contributed by atoms with Crippen molar-refractivity contribution in [2.45, 2.75) is 50.7 Å². The predicted octanol–water partition coefficient (Wildman–Crippen LogP) is 3.21. The van der Waals surface area contributed by atoms with Gasteiger partial charge in [-0.2, -0.15) is 5.10 Å². The van der Waals surface area contributed by atoms with Crippen LogP contribution in [0.15, 0.2) is 10.7 Å². The normalized spacial score (nSPS) is 18.4. The van der Waals surface area contributed by atoms with Crippen molar-refractivity contribution in [1.82, 2.24) is 9.78 Å². The number of halogens is 1. The minimum atomic E-state index is -0.704. The fraction of sp³-hybridized carbons (Fsp3) is 0.733. The zero-order valence-corrected chi connectivity index (χ0v) is 14.3. The van der Waals surface area contributed by atoms with Gasteiger partial charge in [-0.3, -0.25) is 9.48 Å². The van der Waals surface area contributed by atoms with E-state index in [9.17, 15) is 4.79 Å². The van der Waals surface area contributed by atoms with Crippen LogP contribution in [0.5, 0.6) is 0 Å². The number of aromatic nitrogens is 2. The molecule has 6 heteroatoms. The van der Waals surface area contributed by atoms with Gasteiger partial charge in [-0.25, -0.2) is 0 Å². The molecule has 0 spiro atoms. The van der Waals surface area contributed by atoms with Crippen molar-refractivity contribution in [1.29, 1.82) is 0 Å². The molecule has 0 bridgehead atoms. The summed E-state index contributed by atoms with van der Waals surface area (Å²) in [4.78, 5) is 13.1. The molecular formula is C15H23BrN2O3. The number of ketones is 1. The van der Waals surface area contributed by atoms with E-state index in [4.69, 9.17) is 9.47 Å². The van der Waals surface area contributed by atoms with Gasteiger partial charge in [-0.05, 0) is 28.8 Å². The van der Waals surface area contributed by atoms with Gasteiger partial charge in [-0.15, -0.1) is 0 Å². The monoisotopic (exact) mass is 358 g/mol. The number of carbonyl (C=O) groups excluding carboxylic acids is 1. The second-order valence-corrected chi connectivity index (χ2v) is 6.35. The van der Waals surface area contributed by atoms with Crippen LogP contribution < -0.4 is 0 Å². The number of methoxy groups -OCH3 is 2. The maximum Gasteiger partial charge on any atom is 0.213 e. The highest BCUT2D eigenvalue weighted by Crippen LogP contribution is 2.34. The topological polar surface area (TPSA) is 53.4 Å². The maximum atomic E-state index is 13.1. The minimum Gasteiger partial charge on any atom is -0.383 e. The second kappa shape index (κ2) is 7.51. The van der Waals surface area contributed by atoms with Crippen LogP contribution in [-0.2, 0) is 16.0 Å². The van der Waals surface area contributed by atoms with Gasteiger partial charge in [0, 0.05) is 14.2 Å². The molecular weight excluding hydrogens is 336 g/mol. The van der Waals surface area contributed by atoms with E-state index in [1.807, 2.05) is 0 Å². The Morgan fingerprint density at radius 3 is 2.57 bits per heavy atom. The molecule has 0 aliphatic heterocycles. The van der Waals surface area contributed by atoms with Gasteiger partial charge in [0.1, 0.15) is 11.3 Å². The van der Waals surface area contributed by atoms with Gasteiger partial charge in [0.25, 0.3) is 0 Å². The number of Topliss-reactive ketones (excluding diaryl/α,β-unsaturated/α-hetero) is 1. The van der Waals surface area contributed by atoms with E-state index in [1.54, 1.807) is 25.1 Å². The molecule has 1 aliphatic carbocycles. The molecule has 0 radical (unpaired) electrons. The Labute approximate surface area is 134 Å². The molecule has 1 aromatic heterocycles. The first kappa shape index (κ1) is 16.6. The zero-order chi connectivity index (χ0) is 15.3. The molecule has 0 amide bonds. The third-order valence-electron chi connectivity index (χ3n) is 4.23. The summed E-state index contributed by atoms with van der Waals surface area (Å²) in [5.41, 5.74) is -0.111. The Balaban J connectivity index is 2.30. The van der Waals surface area contributed by atoms with Crippen LogP contribution in [0.2, 0.25) is 0 Å². The van der Waals surface area contributed by atoms with Gasteiger partial charge < -0.3 is 9.47 Å². The van der Waals surface area contributed by atoms with Crippen LogP contribution >= 0.6 is 15.9 Å². The van der Waals surface area contributed by atoms with E-state index in [-0.39, 0.29) is 5.78 Å². The van der Waals surface area contributed by atoms with Crippen LogP contribution in [-0.4, -0.2) is 42.0 Å². The number of rotatable bonds is 6. The number of hydrogen-bond donors (Lipinski definition) is 0. The van der Waals surface area contributed by atoms with Gasteiger partial charge in [0.05, 0.1) is 23.8 Å². The lowest BCUT2D eigenvalue weighted by molar-refractivity contribution is -0.00789. The Kier molecular flexibility index (Phi) is 5.96. The SMILES string of the molecule is COCCn1ncc(Br)c1C(=O)C1(OC)CCCCCC1. The van der Waals surface area contributed by atoms with Crippen LogP contribution in [0.3, 0.4) is 0 Å². The lowest BCUT2D eigenvalue weighted by atomic mass is 9.87. The first-order chi connectivity index (χ1) is 10.1. The summed E-state index contributed by atoms with van der Waals surface area (Å²) >= 11 is 3.45. The summed E-state index contributed by atoms with van der Waals surface area (Å²) in [5, 5.41) is 4.27. The van der Waals surface area contributed by atoms with Crippen molar-refractivity contribution in [2.24, 2.45) is 0 Å². The quantitative estimate of drug-likeness (QED) is 0.578. The smallest absolute Gasteiger partial charge is 0.213 e. The van der Waals surface area contributed by atoms with E-state index < -0.39 is 5.60 Å². The molecule has 1 aromatic rings. The molecule has 2 rings (SSSR count). The van der Waals surface area contributed by atoms with Crippen LogP contribution in [0.1, 0.15) is 49.0 Å². The summed E-state index contributed by atoms with van der Waals surface area (Å²) in [6.45, 7) is 1.08. The molecule has 5 nitrogen and oxygen atoms in total. The van der Waals surface area contributed by atoms with Crippen LogP contribution in [0, 0.1) is 0 Å². The Hall–Kier alpha value is -0.720. The summed E-state index contributed by atoms with van der Waals surface area (Å²) in [6, 6.07) is 0. The highest BCUT2D eigenvalue weighted by atomic mass is 79.9. The molecule has 118 valence electrons. The number of hydrogen-bond acceptors (Lipinski definition) is 4. The van der Waals surface area contributed by atoms with Gasteiger partial charge in [0.2, 0.25) is 5.78 Å². The van der Waals surface area contributed by atoms with Crippen molar-refractivity contribution < 1.29 is 14.3 Å². The molecule has 0 unspecified atom stereocenters. The molecule has 0 N–H and O–H groups in total. The van der Waals surface area contributed by atoms with Gasteiger partial charge in [-0.1, -0.05) is 25.7 Å². The van der Waals surface area contributed by atoms with Gasteiger partial charge in [0.15, 0.2) is 0 Å². The molecule has 1 saturated carbocycles. The van der Waals surface area contributed by atoms with E-state index in [0.29, 0.717) is 18.8 Å².